The van der Waals surface area contributed by atoms with E-state index in [1.54, 1.807) is 22.8 Å². The lowest BCUT2D eigenvalue weighted by Crippen LogP contribution is -2.23. The predicted molar refractivity (Wildman–Crippen MR) is 93.8 cm³/mol. The fourth-order valence-corrected chi connectivity index (χ4v) is 3.34. The summed E-state index contributed by atoms with van der Waals surface area (Å²) < 4.78 is 23.3. The van der Waals surface area contributed by atoms with Crippen LogP contribution in [0.2, 0.25) is 0 Å². The second-order valence-electron chi connectivity index (χ2n) is 6.00. The summed E-state index contributed by atoms with van der Waals surface area (Å²) in [5.41, 5.74) is 8.10. The zero-order chi connectivity index (χ0) is 17.8. The van der Waals surface area contributed by atoms with Crippen molar-refractivity contribution in [3.05, 3.63) is 34.7 Å². The van der Waals surface area contributed by atoms with Gasteiger partial charge in [-0.05, 0) is 19.1 Å². The molecule has 8 nitrogen and oxygen atoms in total. The Balaban J connectivity index is 1.85. The van der Waals surface area contributed by atoms with Crippen molar-refractivity contribution in [1.82, 2.24) is 9.55 Å². The Morgan fingerprint density at radius 1 is 1.00 bits per heavy atom. The van der Waals surface area contributed by atoms with Gasteiger partial charge in [-0.25, -0.2) is 4.79 Å². The predicted octanol–water partition coefficient (Wildman–Crippen LogP) is 2.12. The van der Waals surface area contributed by atoms with Gasteiger partial charge in [0.15, 0.2) is 23.0 Å². The molecule has 3 heterocycles. The number of rotatable bonds is 2. The maximum Gasteiger partial charge on any atom is 0.348 e. The molecule has 2 N–H and O–H groups in total. The molecule has 0 bridgehead atoms. The summed E-state index contributed by atoms with van der Waals surface area (Å²) in [4.78, 5) is 16.9. The lowest BCUT2D eigenvalue weighted by atomic mass is 10.0. The minimum atomic E-state index is -0.356. The van der Waals surface area contributed by atoms with E-state index in [2.05, 4.69) is 4.98 Å². The highest BCUT2D eigenvalue weighted by atomic mass is 16.7. The third kappa shape index (κ3) is 2.01. The van der Waals surface area contributed by atoms with Gasteiger partial charge in [-0.1, -0.05) is 0 Å². The van der Waals surface area contributed by atoms with Crippen LogP contribution in [0, 0.1) is 0 Å². The lowest BCUT2D eigenvalue weighted by Gasteiger charge is -2.14. The minimum Gasteiger partial charge on any atom is -0.454 e. The molecule has 0 saturated carbocycles. The monoisotopic (exact) mass is 353 g/mol. The summed E-state index contributed by atoms with van der Waals surface area (Å²) in [5.74, 6) is 2.37. The lowest BCUT2D eigenvalue weighted by molar-refractivity contribution is 0.173. The second kappa shape index (κ2) is 5.29. The molecule has 26 heavy (non-hydrogen) atoms. The normalized spacial score (nSPS) is 14.2. The van der Waals surface area contributed by atoms with E-state index in [1.165, 1.54) is 0 Å². The van der Waals surface area contributed by atoms with Gasteiger partial charge < -0.3 is 24.7 Å². The number of hydrogen-bond donors (Lipinski definition) is 1. The third-order valence-corrected chi connectivity index (χ3v) is 4.59. The molecule has 8 heteroatoms. The van der Waals surface area contributed by atoms with Gasteiger partial charge in [-0.2, -0.15) is 4.98 Å². The van der Waals surface area contributed by atoms with Gasteiger partial charge in [0, 0.05) is 35.3 Å². The van der Waals surface area contributed by atoms with Gasteiger partial charge in [-0.15, -0.1) is 0 Å². The van der Waals surface area contributed by atoms with E-state index in [4.69, 9.17) is 24.7 Å². The number of nitrogens with two attached hydrogens (primary N) is 1. The van der Waals surface area contributed by atoms with E-state index in [9.17, 15) is 4.79 Å². The Morgan fingerprint density at radius 2 is 1.62 bits per heavy atom. The Kier molecular flexibility index (Phi) is 3.03. The first kappa shape index (κ1) is 14.9. The van der Waals surface area contributed by atoms with Gasteiger partial charge in [0.1, 0.15) is 0 Å². The average molecular weight is 353 g/mol. The highest BCUT2D eigenvalue weighted by molar-refractivity contribution is 5.98. The van der Waals surface area contributed by atoms with E-state index in [1.807, 2.05) is 13.0 Å². The molecule has 0 amide bonds. The zero-order valence-electron chi connectivity index (χ0n) is 13.9. The topological polar surface area (TPSA) is 97.8 Å². The molecule has 0 unspecified atom stereocenters. The van der Waals surface area contributed by atoms with Crippen molar-refractivity contribution < 1.29 is 18.9 Å². The molecule has 0 aliphatic carbocycles. The molecule has 0 spiro atoms. The quantitative estimate of drug-likeness (QED) is 0.705. The fraction of sp³-hybridized carbons (Fsp3) is 0.222. The fourth-order valence-electron chi connectivity index (χ4n) is 3.34. The van der Waals surface area contributed by atoms with E-state index in [0.717, 1.165) is 5.39 Å². The third-order valence-electron chi connectivity index (χ3n) is 4.59. The van der Waals surface area contributed by atoms with Crippen LogP contribution in [-0.4, -0.2) is 23.1 Å². The van der Waals surface area contributed by atoms with Gasteiger partial charge in [0.2, 0.25) is 13.6 Å². The molecule has 0 radical (unpaired) electrons. The van der Waals surface area contributed by atoms with Crippen molar-refractivity contribution in [2.45, 2.75) is 13.5 Å². The highest BCUT2D eigenvalue weighted by Gasteiger charge is 2.23. The number of nitrogens with zero attached hydrogens (tertiary/aromatic N) is 2. The number of aromatic nitrogens is 2. The number of aryl methyl sites for hydroxylation is 1. The first-order valence-electron chi connectivity index (χ1n) is 8.19. The molecule has 0 atom stereocenters. The summed E-state index contributed by atoms with van der Waals surface area (Å²) in [6.07, 6.45) is 0. The molecular formula is C18H15N3O5. The van der Waals surface area contributed by atoms with Crippen LogP contribution in [0.15, 0.2) is 29.1 Å². The van der Waals surface area contributed by atoms with E-state index >= 15 is 0 Å². The van der Waals surface area contributed by atoms with E-state index in [-0.39, 0.29) is 19.3 Å². The molecule has 0 fully saturated rings. The van der Waals surface area contributed by atoms with Crippen molar-refractivity contribution in [1.29, 1.82) is 0 Å². The maximum atomic E-state index is 12.6. The standard InChI is InChI=1S/C18H15N3O5/c1-2-21-12-6-16-14(24-8-26-16)4-10(12)17(20-18(21)22)9-3-13-15(5-11(9)19)25-7-23-13/h3-6H,2,7-8,19H2,1H3. The van der Waals surface area contributed by atoms with Crippen LogP contribution >= 0.6 is 0 Å². The summed E-state index contributed by atoms with van der Waals surface area (Å²) in [6.45, 7) is 2.67. The minimum absolute atomic E-state index is 0.141. The number of ether oxygens (including phenoxy) is 4. The zero-order valence-corrected chi connectivity index (χ0v) is 13.9. The molecule has 2 aliphatic rings. The van der Waals surface area contributed by atoms with Crippen LogP contribution in [0.3, 0.4) is 0 Å². The van der Waals surface area contributed by atoms with Gasteiger partial charge in [0.05, 0.1) is 11.2 Å². The van der Waals surface area contributed by atoms with Gasteiger partial charge in [0.25, 0.3) is 0 Å². The number of anilines is 1. The molecule has 1 aromatic heterocycles. The summed E-state index contributed by atoms with van der Waals surface area (Å²) in [7, 11) is 0. The molecule has 3 aromatic rings. The second-order valence-corrected chi connectivity index (χ2v) is 6.00. The van der Waals surface area contributed by atoms with Crippen LogP contribution in [0.1, 0.15) is 6.92 Å². The van der Waals surface area contributed by atoms with Crippen LogP contribution in [-0.2, 0) is 6.54 Å². The molecule has 2 aromatic carbocycles. The van der Waals surface area contributed by atoms with Crippen LogP contribution in [0.25, 0.3) is 22.2 Å². The van der Waals surface area contributed by atoms with Crippen molar-refractivity contribution in [3.8, 4) is 34.3 Å². The smallest absolute Gasteiger partial charge is 0.348 e. The molecule has 0 saturated heterocycles. The van der Waals surface area contributed by atoms with Crippen LogP contribution < -0.4 is 30.4 Å². The first-order valence-corrected chi connectivity index (χ1v) is 8.19. The van der Waals surface area contributed by atoms with Crippen LogP contribution in [0.4, 0.5) is 5.69 Å². The van der Waals surface area contributed by atoms with Crippen molar-refractivity contribution in [2.75, 3.05) is 19.3 Å². The number of hydrogen-bond acceptors (Lipinski definition) is 7. The maximum absolute atomic E-state index is 12.6. The van der Waals surface area contributed by atoms with Gasteiger partial charge >= 0.3 is 5.69 Å². The molecular weight excluding hydrogens is 338 g/mol. The highest BCUT2D eigenvalue weighted by Crippen LogP contribution is 2.43. The Bertz CT molecular complexity index is 1120. The summed E-state index contributed by atoms with van der Waals surface area (Å²) in [6, 6.07) is 7.07. The van der Waals surface area contributed by atoms with Crippen molar-refractivity contribution in [3.63, 3.8) is 0 Å². The van der Waals surface area contributed by atoms with E-state index in [0.29, 0.717) is 52.0 Å². The Hall–Kier alpha value is -3.42. The van der Waals surface area contributed by atoms with Gasteiger partial charge in [-0.3, -0.25) is 4.57 Å². The largest absolute Gasteiger partial charge is 0.454 e. The number of nitrogen functional groups attached to an aromatic ring is 1. The summed E-state index contributed by atoms with van der Waals surface area (Å²) in [5, 5.41) is 0.751. The SMILES string of the molecule is CCn1c(=O)nc(-c2cc3c(cc2N)OCO3)c2cc3c(cc21)OCO3. The van der Waals surface area contributed by atoms with Crippen molar-refractivity contribution in [2.24, 2.45) is 0 Å². The average Bonchev–Trinajstić information content (AvgIpc) is 3.27. The molecule has 5 rings (SSSR count). The van der Waals surface area contributed by atoms with Crippen molar-refractivity contribution >= 4 is 16.6 Å². The Morgan fingerprint density at radius 3 is 2.31 bits per heavy atom. The summed E-state index contributed by atoms with van der Waals surface area (Å²) >= 11 is 0. The molecule has 2 aliphatic heterocycles. The number of benzene rings is 2. The Labute approximate surface area is 147 Å². The number of fused-ring (bicyclic) bond motifs is 3. The molecule has 132 valence electrons. The first-order chi connectivity index (χ1) is 12.7. The van der Waals surface area contributed by atoms with Crippen LogP contribution in [0.5, 0.6) is 23.0 Å². The van der Waals surface area contributed by atoms with E-state index < -0.39 is 0 Å².